The SMILES string of the molecule is C=CC1(C)CCCCCN1. The fourth-order valence-corrected chi connectivity index (χ4v) is 1.43. The minimum Gasteiger partial charge on any atom is -0.308 e. The molecular weight excluding hydrogens is 122 g/mol. The van der Waals surface area contributed by atoms with E-state index in [1.54, 1.807) is 0 Å². The highest BCUT2D eigenvalue weighted by Crippen LogP contribution is 2.18. The van der Waals surface area contributed by atoms with Crippen LogP contribution in [-0.4, -0.2) is 12.1 Å². The zero-order valence-electron chi connectivity index (χ0n) is 6.82. The van der Waals surface area contributed by atoms with Gasteiger partial charge >= 0.3 is 0 Å². The number of nitrogens with one attached hydrogen (secondary N) is 1. The van der Waals surface area contributed by atoms with Crippen molar-refractivity contribution in [2.24, 2.45) is 0 Å². The Morgan fingerprint density at radius 3 is 2.90 bits per heavy atom. The Hall–Kier alpha value is -0.300. The highest BCUT2D eigenvalue weighted by molar-refractivity contribution is 4.99. The number of hydrogen-bond donors (Lipinski definition) is 1. The highest BCUT2D eigenvalue weighted by atomic mass is 15.0. The molecule has 0 saturated carbocycles. The fourth-order valence-electron chi connectivity index (χ4n) is 1.43. The monoisotopic (exact) mass is 139 g/mol. The second kappa shape index (κ2) is 3.20. The summed E-state index contributed by atoms with van der Waals surface area (Å²) in [6.45, 7) is 7.22. The first kappa shape index (κ1) is 7.80. The van der Waals surface area contributed by atoms with Crippen molar-refractivity contribution in [3.05, 3.63) is 12.7 Å². The quantitative estimate of drug-likeness (QED) is 0.548. The largest absolute Gasteiger partial charge is 0.308 e. The molecule has 0 radical (unpaired) electrons. The van der Waals surface area contributed by atoms with Gasteiger partial charge in [-0.1, -0.05) is 18.9 Å². The Morgan fingerprint density at radius 1 is 1.40 bits per heavy atom. The Bertz CT molecular complexity index is 110. The predicted octanol–water partition coefficient (Wildman–Crippen LogP) is 2.09. The van der Waals surface area contributed by atoms with Crippen molar-refractivity contribution in [2.45, 2.75) is 38.1 Å². The molecular formula is C9H17N. The molecule has 0 aromatic rings. The molecule has 1 atom stereocenters. The van der Waals surface area contributed by atoms with Crippen molar-refractivity contribution in [1.29, 1.82) is 0 Å². The van der Waals surface area contributed by atoms with Gasteiger partial charge in [0.25, 0.3) is 0 Å². The summed E-state index contributed by atoms with van der Waals surface area (Å²) in [5.74, 6) is 0. The summed E-state index contributed by atoms with van der Waals surface area (Å²) in [5.41, 5.74) is 0.219. The van der Waals surface area contributed by atoms with Crippen molar-refractivity contribution in [2.75, 3.05) is 6.54 Å². The first-order valence-corrected chi connectivity index (χ1v) is 4.15. The van der Waals surface area contributed by atoms with Gasteiger partial charge in [0, 0.05) is 5.54 Å². The second-order valence-corrected chi connectivity index (χ2v) is 3.36. The van der Waals surface area contributed by atoms with E-state index in [0.717, 1.165) is 6.54 Å². The Morgan fingerprint density at radius 2 is 2.20 bits per heavy atom. The van der Waals surface area contributed by atoms with E-state index in [2.05, 4.69) is 18.8 Å². The molecule has 0 amide bonds. The number of rotatable bonds is 1. The van der Waals surface area contributed by atoms with Crippen LogP contribution in [0.3, 0.4) is 0 Å². The molecule has 0 bridgehead atoms. The molecule has 1 fully saturated rings. The standard InChI is InChI=1S/C9H17N/c1-3-9(2)7-5-4-6-8-10-9/h3,10H,1,4-8H2,2H3. The Labute approximate surface area is 63.5 Å². The van der Waals surface area contributed by atoms with E-state index in [-0.39, 0.29) is 5.54 Å². The van der Waals surface area contributed by atoms with Gasteiger partial charge in [0.1, 0.15) is 0 Å². The van der Waals surface area contributed by atoms with Gasteiger partial charge in [-0.15, -0.1) is 6.58 Å². The minimum atomic E-state index is 0.219. The van der Waals surface area contributed by atoms with Crippen LogP contribution in [0.2, 0.25) is 0 Å². The van der Waals surface area contributed by atoms with Crippen molar-refractivity contribution in [3.63, 3.8) is 0 Å². The molecule has 0 aromatic carbocycles. The van der Waals surface area contributed by atoms with Gasteiger partial charge in [-0.2, -0.15) is 0 Å². The van der Waals surface area contributed by atoms with E-state index < -0.39 is 0 Å². The minimum absolute atomic E-state index is 0.219. The molecule has 1 saturated heterocycles. The molecule has 0 spiro atoms. The van der Waals surface area contributed by atoms with Crippen LogP contribution < -0.4 is 5.32 Å². The average molecular weight is 139 g/mol. The Balaban J connectivity index is 2.48. The molecule has 1 unspecified atom stereocenters. The molecule has 1 N–H and O–H groups in total. The van der Waals surface area contributed by atoms with E-state index in [4.69, 9.17) is 0 Å². The van der Waals surface area contributed by atoms with E-state index in [1.165, 1.54) is 25.7 Å². The maximum atomic E-state index is 3.84. The maximum Gasteiger partial charge on any atom is 0.0333 e. The lowest BCUT2D eigenvalue weighted by atomic mass is 9.97. The molecule has 0 aliphatic carbocycles. The lowest BCUT2D eigenvalue weighted by Gasteiger charge is -2.24. The second-order valence-electron chi connectivity index (χ2n) is 3.36. The molecule has 58 valence electrons. The lowest BCUT2D eigenvalue weighted by molar-refractivity contribution is 0.433. The van der Waals surface area contributed by atoms with E-state index in [9.17, 15) is 0 Å². The summed E-state index contributed by atoms with van der Waals surface area (Å²) in [6, 6.07) is 0. The summed E-state index contributed by atoms with van der Waals surface area (Å²) >= 11 is 0. The van der Waals surface area contributed by atoms with Crippen LogP contribution in [0.1, 0.15) is 32.6 Å². The van der Waals surface area contributed by atoms with Crippen LogP contribution in [-0.2, 0) is 0 Å². The van der Waals surface area contributed by atoms with Crippen molar-refractivity contribution >= 4 is 0 Å². The normalized spacial score (nSPS) is 34.9. The average Bonchev–Trinajstić information content (AvgIpc) is 2.15. The molecule has 1 aliphatic rings. The zero-order chi connectivity index (χ0) is 7.45. The molecule has 1 heteroatoms. The van der Waals surface area contributed by atoms with Crippen molar-refractivity contribution < 1.29 is 0 Å². The number of hydrogen-bond acceptors (Lipinski definition) is 1. The van der Waals surface area contributed by atoms with Crippen LogP contribution in [0.5, 0.6) is 0 Å². The molecule has 1 heterocycles. The zero-order valence-corrected chi connectivity index (χ0v) is 6.82. The van der Waals surface area contributed by atoms with Crippen LogP contribution in [0.25, 0.3) is 0 Å². The maximum absolute atomic E-state index is 3.84. The summed E-state index contributed by atoms with van der Waals surface area (Å²) in [7, 11) is 0. The van der Waals surface area contributed by atoms with Gasteiger partial charge in [-0.25, -0.2) is 0 Å². The smallest absolute Gasteiger partial charge is 0.0333 e. The van der Waals surface area contributed by atoms with Gasteiger partial charge in [-0.05, 0) is 26.3 Å². The van der Waals surface area contributed by atoms with Crippen LogP contribution in [0.4, 0.5) is 0 Å². The molecule has 1 aliphatic heterocycles. The first-order chi connectivity index (χ1) is 4.77. The third kappa shape index (κ3) is 1.84. The molecule has 10 heavy (non-hydrogen) atoms. The highest BCUT2D eigenvalue weighted by Gasteiger charge is 2.19. The van der Waals surface area contributed by atoms with E-state index in [1.807, 2.05) is 6.08 Å². The van der Waals surface area contributed by atoms with E-state index >= 15 is 0 Å². The fraction of sp³-hybridized carbons (Fsp3) is 0.778. The van der Waals surface area contributed by atoms with Crippen molar-refractivity contribution in [1.82, 2.24) is 5.32 Å². The van der Waals surface area contributed by atoms with Gasteiger partial charge in [0.15, 0.2) is 0 Å². The topological polar surface area (TPSA) is 12.0 Å². The van der Waals surface area contributed by atoms with Crippen LogP contribution in [0, 0.1) is 0 Å². The third-order valence-corrected chi connectivity index (χ3v) is 2.35. The lowest BCUT2D eigenvalue weighted by Crippen LogP contribution is -2.39. The summed E-state index contributed by atoms with van der Waals surface area (Å²) in [5, 5.41) is 3.49. The third-order valence-electron chi connectivity index (χ3n) is 2.35. The molecule has 1 nitrogen and oxygen atoms in total. The molecule has 0 aromatic heterocycles. The van der Waals surface area contributed by atoms with E-state index in [0.29, 0.717) is 0 Å². The Kier molecular flexibility index (Phi) is 2.50. The van der Waals surface area contributed by atoms with Gasteiger partial charge < -0.3 is 5.32 Å². The van der Waals surface area contributed by atoms with Crippen molar-refractivity contribution in [3.8, 4) is 0 Å². The summed E-state index contributed by atoms with van der Waals surface area (Å²) in [6.07, 6.45) is 7.32. The van der Waals surface area contributed by atoms with Crippen LogP contribution >= 0.6 is 0 Å². The van der Waals surface area contributed by atoms with Crippen LogP contribution in [0.15, 0.2) is 12.7 Å². The summed E-state index contributed by atoms with van der Waals surface area (Å²) in [4.78, 5) is 0. The van der Waals surface area contributed by atoms with Gasteiger partial charge in [0.2, 0.25) is 0 Å². The summed E-state index contributed by atoms with van der Waals surface area (Å²) < 4.78 is 0. The first-order valence-electron chi connectivity index (χ1n) is 4.15. The molecule has 1 rings (SSSR count). The predicted molar refractivity (Wildman–Crippen MR) is 45.1 cm³/mol. The van der Waals surface area contributed by atoms with Gasteiger partial charge in [0.05, 0.1) is 0 Å². The van der Waals surface area contributed by atoms with Gasteiger partial charge in [-0.3, -0.25) is 0 Å².